The summed E-state index contributed by atoms with van der Waals surface area (Å²) in [5.74, 6) is 0.614. The summed E-state index contributed by atoms with van der Waals surface area (Å²) in [6.07, 6.45) is 2.71. The molecule has 1 saturated heterocycles. The Morgan fingerprint density at radius 3 is 2.62 bits per heavy atom. The van der Waals surface area contributed by atoms with Gasteiger partial charge in [-0.05, 0) is 54.3 Å². The van der Waals surface area contributed by atoms with Crippen LogP contribution in [0, 0.1) is 12.3 Å². The Balaban J connectivity index is 0.00000243. The first-order valence-electron chi connectivity index (χ1n) is 8.84. The molecule has 0 saturated carbocycles. The van der Waals surface area contributed by atoms with Crippen LogP contribution in [0.1, 0.15) is 37.2 Å². The number of aryl methyl sites for hydroxylation is 1. The summed E-state index contributed by atoms with van der Waals surface area (Å²) in [5.41, 5.74) is 1.24. The average molecular weight is 379 g/mol. The van der Waals surface area contributed by atoms with Crippen molar-refractivity contribution >= 4 is 18.3 Å². The third-order valence-corrected chi connectivity index (χ3v) is 5.03. The van der Waals surface area contributed by atoms with Crippen molar-refractivity contribution in [1.29, 1.82) is 0 Å². The van der Waals surface area contributed by atoms with Crippen LogP contribution < -0.4 is 10.6 Å². The van der Waals surface area contributed by atoms with Gasteiger partial charge in [0.1, 0.15) is 11.9 Å². The molecule has 0 radical (unpaired) electrons. The molecule has 0 spiro atoms. The number of benzene rings is 1. The predicted octanol–water partition coefficient (Wildman–Crippen LogP) is 1.69. The van der Waals surface area contributed by atoms with E-state index in [4.69, 9.17) is 0 Å². The van der Waals surface area contributed by atoms with Crippen LogP contribution in [0.4, 0.5) is 0 Å². The van der Waals surface area contributed by atoms with Gasteiger partial charge in [0, 0.05) is 13.0 Å². The normalized spacial score (nSPS) is 17.2. The number of carbonyl (C=O) groups is 1. The zero-order valence-electron chi connectivity index (χ0n) is 15.3. The molecule has 1 aliphatic heterocycles. The van der Waals surface area contributed by atoms with Crippen LogP contribution in [0.5, 0.6) is 0 Å². The summed E-state index contributed by atoms with van der Waals surface area (Å²) in [6.45, 7) is 6.75. The molecule has 26 heavy (non-hydrogen) atoms. The summed E-state index contributed by atoms with van der Waals surface area (Å²) in [6, 6.07) is 9.53. The number of halogens is 1. The maximum Gasteiger partial charge on any atom is 0.245 e. The number of hydrogen-bond donors (Lipinski definition) is 2. The lowest BCUT2D eigenvalue weighted by Gasteiger charge is -2.34. The molecule has 1 unspecified atom stereocenters. The zero-order valence-corrected chi connectivity index (χ0v) is 16.1. The maximum atomic E-state index is 12.9. The lowest BCUT2D eigenvalue weighted by Crippen LogP contribution is -2.45. The molecule has 1 aromatic carbocycles. The third-order valence-electron chi connectivity index (χ3n) is 5.03. The van der Waals surface area contributed by atoms with Gasteiger partial charge in [-0.1, -0.05) is 37.3 Å². The Hall–Kier alpha value is -1.99. The first kappa shape index (κ1) is 20.3. The molecule has 7 nitrogen and oxygen atoms in total. The van der Waals surface area contributed by atoms with Gasteiger partial charge in [0.2, 0.25) is 5.91 Å². The van der Waals surface area contributed by atoms with Gasteiger partial charge >= 0.3 is 0 Å². The number of aromatic nitrogens is 4. The summed E-state index contributed by atoms with van der Waals surface area (Å²) in [7, 11) is 0. The van der Waals surface area contributed by atoms with Crippen LogP contribution in [0.25, 0.3) is 0 Å². The number of nitrogens with zero attached hydrogens (tertiary/aromatic N) is 4. The van der Waals surface area contributed by atoms with Crippen molar-refractivity contribution in [3.8, 4) is 0 Å². The van der Waals surface area contributed by atoms with Crippen LogP contribution in [0.3, 0.4) is 0 Å². The van der Waals surface area contributed by atoms with Crippen LogP contribution in [0.15, 0.2) is 30.3 Å². The fourth-order valence-corrected chi connectivity index (χ4v) is 3.28. The van der Waals surface area contributed by atoms with Gasteiger partial charge in [0.25, 0.3) is 0 Å². The lowest BCUT2D eigenvalue weighted by molar-refractivity contribution is -0.125. The molecule has 2 heterocycles. The number of rotatable bonds is 6. The van der Waals surface area contributed by atoms with Crippen molar-refractivity contribution in [3.63, 3.8) is 0 Å². The van der Waals surface area contributed by atoms with Crippen molar-refractivity contribution in [1.82, 2.24) is 30.8 Å². The fourth-order valence-electron chi connectivity index (χ4n) is 3.28. The van der Waals surface area contributed by atoms with E-state index in [2.05, 4.69) is 33.1 Å². The van der Waals surface area contributed by atoms with Crippen LogP contribution in [-0.4, -0.2) is 45.7 Å². The molecule has 1 aromatic heterocycles. The first-order valence-corrected chi connectivity index (χ1v) is 8.84. The number of amides is 1. The number of hydrogen-bond acceptors (Lipinski definition) is 5. The Labute approximate surface area is 160 Å². The second-order valence-corrected chi connectivity index (χ2v) is 7.15. The van der Waals surface area contributed by atoms with E-state index >= 15 is 0 Å². The SMILES string of the molecule is Cc1nnnn1C(Cc1ccccc1)C(=O)NCC1(C)CCNCC1.Cl. The van der Waals surface area contributed by atoms with E-state index in [0.717, 1.165) is 31.5 Å². The lowest BCUT2D eigenvalue weighted by atomic mass is 9.81. The summed E-state index contributed by atoms with van der Waals surface area (Å²) < 4.78 is 1.62. The standard InChI is InChI=1S/C18H26N6O.ClH/c1-14-21-22-23-24(14)16(12-15-6-4-3-5-7-15)17(25)20-13-18(2)8-10-19-11-9-18;/h3-7,16,19H,8-13H2,1-2H3,(H,20,25);1H. The van der Waals surface area contributed by atoms with Crippen LogP contribution in [-0.2, 0) is 11.2 Å². The fraction of sp³-hybridized carbons (Fsp3) is 0.556. The van der Waals surface area contributed by atoms with Gasteiger partial charge < -0.3 is 10.6 Å². The molecule has 2 N–H and O–H groups in total. The molecule has 3 rings (SSSR count). The second kappa shape index (κ2) is 9.09. The van der Waals surface area contributed by atoms with E-state index in [1.165, 1.54) is 0 Å². The van der Waals surface area contributed by atoms with E-state index in [1.807, 2.05) is 37.3 Å². The molecule has 8 heteroatoms. The minimum atomic E-state index is -0.442. The van der Waals surface area contributed by atoms with Crippen molar-refractivity contribution in [2.24, 2.45) is 5.41 Å². The molecule has 142 valence electrons. The molecule has 1 aliphatic rings. The highest BCUT2D eigenvalue weighted by Crippen LogP contribution is 2.27. The largest absolute Gasteiger partial charge is 0.354 e. The summed E-state index contributed by atoms with van der Waals surface area (Å²) in [5, 5.41) is 18.2. The number of nitrogens with one attached hydrogen (secondary N) is 2. The molecular formula is C18H27ClN6O. The molecule has 0 bridgehead atoms. The molecule has 1 amide bonds. The van der Waals surface area contributed by atoms with Crippen molar-refractivity contribution in [3.05, 3.63) is 41.7 Å². The van der Waals surface area contributed by atoms with Crippen LogP contribution >= 0.6 is 12.4 Å². The molecule has 1 atom stereocenters. The van der Waals surface area contributed by atoms with E-state index in [1.54, 1.807) is 4.68 Å². The smallest absolute Gasteiger partial charge is 0.245 e. The summed E-state index contributed by atoms with van der Waals surface area (Å²) in [4.78, 5) is 12.9. The van der Waals surface area contributed by atoms with Gasteiger partial charge in [0.15, 0.2) is 0 Å². The molecule has 1 fully saturated rings. The molecule has 0 aliphatic carbocycles. The molecular weight excluding hydrogens is 352 g/mol. The first-order chi connectivity index (χ1) is 12.1. The van der Waals surface area contributed by atoms with Gasteiger partial charge in [-0.25, -0.2) is 4.68 Å². The minimum Gasteiger partial charge on any atom is -0.354 e. The third kappa shape index (κ3) is 5.02. The monoisotopic (exact) mass is 378 g/mol. The van der Waals surface area contributed by atoms with E-state index in [0.29, 0.717) is 18.8 Å². The quantitative estimate of drug-likeness (QED) is 0.799. The molecule has 2 aromatic rings. The Morgan fingerprint density at radius 2 is 2.00 bits per heavy atom. The van der Waals surface area contributed by atoms with Gasteiger partial charge in [-0.15, -0.1) is 17.5 Å². The zero-order chi connectivity index (χ0) is 17.7. The topological polar surface area (TPSA) is 84.7 Å². The summed E-state index contributed by atoms with van der Waals surface area (Å²) >= 11 is 0. The van der Waals surface area contributed by atoms with Gasteiger partial charge in [0.05, 0.1) is 0 Å². The number of carbonyl (C=O) groups excluding carboxylic acids is 1. The van der Waals surface area contributed by atoms with Crippen LogP contribution in [0.2, 0.25) is 0 Å². The van der Waals surface area contributed by atoms with E-state index < -0.39 is 6.04 Å². The second-order valence-electron chi connectivity index (χ2n) is 7.15. The highest BCUT2D eigenvalue weighted by Gasteiger charge is 2.30. The predicted molar refractivity (Wildman–Crippen MR) is 102 cm³/mol. The number of piperidine rings is 1. The highest BCUT2D eigenvalue weighted by atomic mass is 35.5. The van der Waals surface area contributed by atoms with Crippen molar-refractivity contribution in [2.45, 2.75) is 39.2 Å². The highest BCUT2D eigenvalue weighted by molar-refractivity contribution is 5.85. The Morgan fingerprint density at radius 1 is 1.31 bits per heavy atom. The van der Waals surface area contributed by atoms with Crippen molar-refractivity contribution in [2.75, 3.05) is 19.6 Å². The van der Waals surface area contributed by atoms with E-state index in [9.17, 15) is 4.79 Å². The van der Waals surface area contributed by atoms with Gasteiger partial charge in [-0.2, -0.15) is 0 Å². The Kier molecular flexibility index (Phi) is 7.11. The van der Waals surface area contributed by atoms with Gasteiger partial charge in [-0.3, -0.25) is 4.79 Å². The van der Waals surface area contributed by atoms with Crippen molar-refractivity contribution < 1.29 is 4.79 Å². The van der Waals surface area contributed by atoms with E-state index in [-0.39, 0.29) is 23.7 Å². The number of tetrazole rings is 1. The minimum absolute atomic E-state index is 0. The average Bonchev–Trinajstić information content (AvgIpc) is 3.05. The maximum absolute atomic E-state index is 12.9. The Bertz CT molecular complexity index is 699.